The number of carbonyl (C=O) groups excluding carboxylic acids is 1. The zero-order valence-corrected chi connectivity index (χ0v) is 8.23. The van der Waals surface area contributed by atoms with Gasteiger partial charge < -0.3 is 14.7 Å². The number of carbonyl (C=O) groups is 2. The number of piperidine rings is 1. The Balaban J connectivity index is 2.54. The summed E-state index contributed by atoms with van der Waals surface area (Å²) in [5.41, 5.74) is 0. The molecule has 0 aliphatic carbocycles. The third-order valence-electron chi connectivity index (χ3n) is 2.50. The zero-order chi connectivity index (χ0) is 10.6. The van der Waals surface area contributed by atoms with Gasteiger partial charge in [0, 0.05) is 12.6 Å². The van der Waals surface area contributed by atoms with Gasteiger partial charge in [0.15, 0.2) is 0 Å². The summed E-state index contributed by atoms with van der Waals surface area (Å²) >= 11 is 0. The SMILES string of the molecule is COC(=O)C[C@@H]1CCCCN1C(=O)O. The van der Waals surface area contributed by atoms with E-state index >= 15 is 0 Å². The highest BCUT2D eigenvalue weighted by Gasteiger charge is 2.28. The fourth-order valence-corrected chi connectivity index (χ4v) is 1.74. The maximum Gasteiger partial charge on any atom is 0.407 e. The molecule has 0 saturated carbocycles. The molecule has 80 valence electrons. The molecular weight excluding hydrogens is 186 g/mol. The molecule has 5 heteroatoms. The molecule has 1 rings (SSSR count). The summed E-state index contributed by atoms with van der Waals surface area (Å²) in [6.45, 7) is 0.525. The molecule has 1 aliphatic rings. The quantitative estimate of drug-likeness (QED) is 0.679. The highest BCUT2D eigenvalue weighted by molar-refractivity contribution is 5.72. The van der Waals surface area contributed by atoms with Crippen LogP contribution < -0.4 is 0 Å². The molecule has 1 N–H and O–H groups in total. The van der Waals surface area contributed by atoms with Gasteiger partial charge in [0.2, 0.25) is 0 Å². The lowest BCUT2D eigenvalue weighted by Crippen LogP contribution is -2.44. The van der Waals surface area contributed by atoms with Crippen molar-refractivity contribution in [1.29, 1.82) is 0 Å². The summed E-state index contributed by atoms with van der Waals surface area (Å²) in [5, 5.41) is 8.87. The highest BCUT2D eigenvalue weighted by atomic mass is 16.5. The van der Waals surface area contributed by atoms with Gasteiger partial charge in [-0.25, -0.2) is 4.79 Å². The summed E-state index contributed by atoms with van der Waals surface area (Å²) < 4.78 is 4.52. The van der Waals surface area contributed by atoms with Crippen molar-refractivity contribution in [3.05, 3.63) is 0 Å². The Kier molecular flexibility index (Phi) is 3.73. The van der Waals surface area contributed by atoms with Gasteiger partial charge in [0.25, 0.3) is 0 Å². The first kappa shape index (κ1) is 10.8. The molecule has 1 amide bonds. The molecule has 0 aromatic rings. The Labute approximate surface area is 82.6 Å². The molecule has 1 fully saturated rings. The molecule has 1 heterocycles. The molecule has 14 heavy (non-hydrogen) atoms. The molecule has 0 bridgehead atoms. The van der Waals surface area contributed by atoms with E-state index < -0.39 is 6.09 Å². The minimum Gasteiger partial charge on any atom is -0.469 e. The topological polar surface area (TPSA) is 66.8 Å². The van der Waals surface area contributed by atoms with Crippen LogP contribution in [0.5, 0.6) is 0 Å². The first-order valence-corrected chi connectivity index (χ1v) is 4.71. The highest BCUT2D eigenvalue weighted by Crippen LogP contribution is 2.19. The van der Waals surface area contributed by atoms with Crippen LogP contribution in [-0.2, 0) is 9.53 Å². The van der Waals surface area contributed by atoms with E-state index in [-0.39, 0.29) is 18.4 Å². The Morgan fingerprint density at radius 1 is 1.50 bits per heavy atom. The van der Waals surface area contributed by atoms with Crippen LogP contribution in [0.25, 0.3) is 0 Å². The predicted molar refractivity (Wildman–Crippen MR) is 49.0 cm³/mol. The van der Waals surface area contributed by atoms with Gasteiger partial charge >= 0.3 is 12.1 Å². The first-order valence-electron chi connectivity index (χ1n) is 4.71. The number of esters is 1. The number of rotatable bonds is 2. The number of ether oxygens (including phenoxy) is 1. The number of hydrogen-bond donors (Lipinski definition) is 1. The Morgan fingerprint density at radius 2 is 2.21 bits per heavy atom. The second-order valence-electron chi connectivity index (χ2n) is 3.41. The van der Waals surface area contributed by atoms with Gasteiger partial charge in [-0.3, -0.25) is 4.79 Å². The second-order valence-corrected chi connectivity index (χ2v) is 3.41. The molecule has 0 spiro atoms. The van der Waals surface area contributed by atoms with Crippen LogP contribution in [0.4, 0.5) is 4.79 Å². The van der Waals surface area contributed by atoms with Gasteiger partial charge in [-0.15, -0.1) is 0 Å². The summed E-state index contributed by atoms with van der Waals surface area (Å²) in [6.07, 6.45) is 1.83. The van der Waals surface area contributed by atoms with Crippen molar-refractivity contribution in [2.24, 2.45) is 0 Å². The number of carboxylic acid groups (broad SMARTS) is 1. The Bertz CT molecular complexity index is 229. The van der Waals surface area contributed by atoms with E-state index in [2.05, 4.69) is 4.74 Å². The van der Waals surface area contributed by atoms with Crippen molar-refractivity contribution in [2.45, 2.75) is 31.7 Å². The van der Waals surface area contributed by atoms with Crippen molar-refractivity contribution < 1.29 is 19.4 Å². The molecule has 0 aromatic heterocycles. The maximum absolute atomic E-state index is 11.0. The van der Waals surface area contributed by atoms with Crippen molar-refractivity contribution in [3.63, 3.8) is 0 Å². The van der Waals surface area contributed by atoms with Crippen molar-refractivity contribution in [1.82, 2.24) is 4.90 Å². The molecular formula is C9H15NO4. The number of likely N-dealkylation sites (tertiary alicyclic amines) is 1. The maximum atomic E-state index is 11.0. The summed E-state index contributed by atoms with van der Waals surface area (Å²) in [7, 11) is 1.32. The van der Waals surface area contributed by atoms with Crippen LogP contribution in [0.1, 0.15) is 25.7 Å². The van der Waals surface area contributed by atoms with E-state index in [1.165, 1.54) is 12.0 Å². The van der Waals surface area contributed by atoms with Crippen LogP contribution in [-0.4, -0.2) is 41.8 Å². The summed E-state index contributed by atoms with van der Waals surface area (Å²) in [4.78, 5) is 23.1. The molecule has 5 nitrogen and oxygen atoms in total. The monoisotopic (exact) mass is 201 g/mol. The van der Waals surface area contributed by atoms with Gasteiger partial charge in [-0.1, -0.05) is 0 Å². The lowest BCUT2D eigenvalue weighted by Gasteiger charge is -2.32. The zero-order valence-electron chi connectivity index (χ0n) is 8.23. The standard InChI is InChI=1S/C9H15NO4/c1-14-8(11)6-7-4-2-3-5-10(7)9(12)13/h7H,2-6H2,1H3,(H,12,13)/t7-/m0/s1. The van der Waals surface area contributed by atoms with Crippen molar-refractivity contribution in [2.75, 3.05) is 13.7 Å². The first-order chi connectivity index (χ1) is 6.65. The lowest BCUT2D eigenvalue weighted by atomic mass is 10.00. The molecule has 0 unspecified atom stereocenters. The van der Waals surface area contributed by atoms with Crippen LogP contribution >= 0.6 is 0 Å². The fraction of sp³-hybridized carbons (Fsp3) is 0.778. The third kappa shape index (κ3) is 2.61. The molecule has 0 aromatic carbocycles. The van der Waals surface area contributed by atoms with E-state index in [4.69, 9.17) is 5.11 Å². The Hall–Kier alpha value is -1.26. The molecule has 1 atom stereocenters. The van der Waals surface area contributed by atoms with E-state index in [1.807, 2.05) is 0 Å². The minimum atomic E-state index is -0.946. The van der Waals surface area contributed by atoms with E-state index in [0.717, 1.165) is 19.3 Å². The minimum absolute atomic E-state index is 0.169. The fourth-order valence-electron chi connectivity index (χ4n) is 1.74. The average molecular weight is 201 g/mol. The normalized spacial score (nSPS) is 21.8. The van der Waals surface area contributed by atoms with Crippen LogP contribution in [0.3, 0.4) is 0 Å². The number of methoxy groups -OCH3 is 1. The molecule has 1 saturated heterocycles. The largest absolute Gasteiger partial charge is 0.469 e. The lowest BCUT2D eigenvalue weighted by molar-refractivity contribution is -0.142. The second kappa shape index (κ2) is 4.83. The van der Waals surface area contributed by atoms with Crippen molar-refractivity contribution >= 4 is 12.1 Å². The van der Waals surface area contributed by atoms with Gasteiger partial charge in [0.1, 0.15) is 0 Å². The van der Waals surface area contributed by atoms with Crippen LogP contribution in [0.2, 0.25) is 0 Å². The van der Waals surface area contributed by atoms with Gasteiger partial charge in [-0.05, 0) is 19.3 Å². The number of nitrogens with zero attached hydrogens (tertiary/aromatic N) is 1. The van der Waals surface area contributed by atoms with E-state index in [1.54, 1.807) is 0 Å². The summed E-state index contributed by atoms with van der Waals surface area (Å²) in [6, 6.07) is -0.200. The smallest absolute Gasteiger partial charge is 0.407 e. The van der Waals surface area contributed by atoms with Crippen molar-refractivity contribution in [3.8, 4) is 0 Å². The number of hydrogen-bond acceptors (Lipinski definition) is 3. The van der Waals surface area contributed by atoms with E-state index in [9.17, 15) is 9.59 Å². The molecule has 1 aliphatic heterocycles. The summed E-state index contributed by atoms with van der Waals surface area (Å²) in [5.74, 6) is -0.344. The average Bonchev–Trinajstić information content (AvgIpc) is 2.18. The van der Waals surface area contributed by atoms with Gasteiger partial charge in [0.05, 0.1) is 13.5 Å². The van der Waals surface area contributed by atoms with Crippen LogP contribution in [0.15, 0.2) is 0 Å². The Morgan fingerprint density at radius 3 is 2.79 bits per heavy atom. The predicted octanol–water partition coefficient (Wildman–Crippen LogP) is 1.08. The van der Waals surface area contributed by atoms with E-state index in [0.29, 0.717) is 6.54 Å². The third-order valence-corrected chi connectivity index (χ3v) is 2.50. The van der Waals surface area contributed by atoms with Gasteiger partial charge in [-0.2, -0.15) is 0 Å². The van der Waals surface area contributed by atoms with Crippen LogP contribution in [0, 0.1) is 0 Å². The molecule has 0 radical (unpaired) electrons. The number of amides is 1.